The predicted molar refractivity (Wildman–Crippen MR) is 123 cm³/mol. The van der Waals surface area contributed by atoms with E-state index in [0.717, 1.165) is 34.3 Å². The van der Waals surface area contributed by atoms with E-state index in [0.29, 0.717) is 12.1 Å². The van der Waals surface area contributed by atoms with Crippen LogP contribution in [0.1, 0.15) is 52.8 Å². The Kier molecular flexibility index (Phi) is 10.6. The molecule has 0 saturated carbocycles. The summed E-state index contributed by atoms with van der Waals surface area (Å²) in [6.07, 6.45) is 0.379. The molecular weight excluding hydrogens is 492 g/mol. The van der Waals surface area contributed by atoms with Crippen LogP contribution >= 0.6 is 0 Å². The van der Waals surface area contributed by atoms with Crippen LogP contribution in [-0.4, -0.2) is 82.8 Å². The van der Waals surface area contributed by atoms with Crippen molar-refractivity contribution in [3.05, 3.63) is 23.7 Å². The predicted octanol–water partition coefficient (Wildman–Crippen LogP) is 0.159. The highest BCUT2D eigenvalue weighted by molar-refractivity contribution is 5.86. The van der Waals surface area contributed by atoms with E-state index in [-0.39, 0.29) is 5.76 Å². The lowest BCUT2D eigenvalue weighted by atomic mass is 9.91. The van der Waals surface area contributed by atoms with Gasteiger partial charge in [-0.15, -0.1) is 5.10 Å². The molecule has 2 rings (SSSR count). The summed E-state index contributed by atoms with van der Waals surface area (Å²) in [7, 11) is 1.15. The molecule has 0 saturated heterocycles. The van der Waals surface area contributed by atoms with Crippen LogP contribution in [0, 0.1) is 0 Å². The van der Waals surface area contributed by atoms with Crippen LogP contribution < -0.4 is 5.32 Å². The number of aromatic nitrogens is 3. The van der Waals surface area contributed by atoms with E-state index in [1.165, 1.54) is 17.7 Å². The molecule has 0 fully saturated rings. The van der Waals surface area contributed by atoms with Gasteiger partial charge in [0.2, 0.25) is 11.7 Å². The Morgan fingerprint density at radius 1 is 1.08 bits per heavy atom. The molecule has 1 N–H and O–H groups in total. The van der Waals surface area contributed by atoms with Crippen LogP contribution in [0.5, 0.6) is 0 Å². The van der Waals surface area contributed by atoms with Gasteiger partial charge in [0.1, 0.15) is 6.61 Å². The third kappa shape index (κ3) is 8.29. The summed E-state index contributed by atoms with van der Waals surface area (Å²) in [5, 5.41) is 11.0. The van der Waals surface area contributed by atoms with E-state index in [1.807, 2.05) is 6.92 Å². The maximum Gasteiger partial charge on any atom is 0.373 e. The first kappa shape index (κ1) is 29.3. The molecule has 0 aliphatic carbocycles. The molecule has 1 aromatic heterocycles. The number of hydrogen-bond acceptors (Lipinski definition) is 12. The Balaban J connectivity index is 2.66. The van der Waals surface area contributed by atoms with Crippen molar-refractivity contribution < 1.29 is 47.7 Å². The van der Waals surface area contributed by atoms with Crippen molar-refractivity contribution >= 4 is 29.8 Å². The van der Waals surface area contributed by atoms with E-state index in [2.05, 4.69) is 15.6 Å². The molecule has 5 atom stereocenters. The van der Waals surface area contributed by atoms with Gasteiger partial charge in [-0.25, -0.2) is 9.48 Å². The van der Waals surface area contributed by atoms with Crippen molar-refractivity contribution in [2.24, 2.45) is 0 Å². The molecule has 0 bridgehead atoms. The van der Waals surface area contributed by atoms with Crippen LogP contribution in [0.15, 0.2) is 18.0 Å². The monoisotopic (exact) mass is 524 g/mol. The topological polar surface area (TPSA) is 174 Å². The third-order valence-electron chi connectivity index (χ3n) is 5.19. The summed E-state index contributed by atoms with van der Waals surface area (Å²) in [6.45, 7) is 6.12. The summed E-state index contributed by atoms with van der Waals surface area (Å²) in [4.78, 5) is 60.2. The molecule has 204 valence electrons. The standard InChI is InChI=1S/C23H32N4O10/c1-7-8-16-10-27(26-25-16)17-9-18(23(32)33-6)37-22(20(17)24-12(2)28)21(36-15(5)31)19(35-14(4)30)11-34-13(3)29/h9-10,17,19-22H,7-8,11H2,1-6H3,(H,24,28)/t17-,19+,20+,21+,22+/m0/s1. The van der Waals surface area contributed by atoms with Gasteiger partial charge in [-0.2, -0.15) is 0 Å². The van der Waals surface area contributed by atoms with Crippen molar-refractivity contribution in [1.29, 1.82) is 0 Å². The maximum absolute atomic E-state index is 12.5. The second-order valence-electron chi connectivity index (χ2n) is 8.29. The fourth-order valence-electron chi connectivity index (χ4n) is 3.83. The average Bonchev–Trinajstić information content (AvgIpc) is 3.28. The van der Waals surface area contributed by atoms with Gasteiger partial charge < -0.3 is 29.0 Å². The van der Waals surface area contributed by atoms with Crippen LogP contribution in [0.25, 0.3) is 0 Å². The number of esters is 4. The van der Waals surface area contributed by atoms with Gasteiger partial charge >= 0.3 is 23.9 Å². The SMILES string of the molecule is CCCc1cn([C@H]2C=C(C(=O)OC)O[C@@H]([C@H](OC(C)=O)[C@@H](COC(C)=O)OC(C)=O)[C@@H]2NC(C)=O)nn1. The van der Waals surface area contributed by atoms with Gasteiger partial charge in [0.05, 0.1) is 24.9 Å². The summed E-state index contributed by atoms with van der Waals surface area (Å²) in [5.41, 5.74) is 0.671. The lowest BCUT2D eigenvalue weighted by Crippen LogP contribution is -2.60. The summed E-state index contributed by atoms with van der Waals surface area (Å²) in [5.74, 6) is -3.82. The quantitative estimate of drug-likeness (QED) is 0.307. The number of methoxy groups -OCH3 is 1. The van der Waals surface area contributed by atoms with E-state index in [1.54, 1.807) is 6.20 Å². The summed E-state index contributed by atoms with van der Waals surface area (Å²) < 4.78 is 28.0. The molecule has 14 nitrogen and oxygen atoms in total. The van der Waals surface area contributed by atoms with Crippen molar-refractivity contribution in [1.82, 2.24) is 20.3 Å². The Hall–Kier alpha value is -3.97. The fraction of sp³-hybridized carbons (Fsp3) is 0.609. The molecular formula is C23H32N4O10. The molecule has 2 heterocycles. The van der Waals surface area contributed by atoms with Gasteiger partial charge in [0.25, 0.3) is 0 Å². The number of carbonyl (C=O) groups is 5. The van der Waals surface area contributed by atoms with Crippen LogP contribution in [0.4, 0.5) is 0 Å². The van der Waals surface area contributed by atoms with Gasteiger partial charge in [-0.3, -0.25) is 19.2 Å². The third-order valence-corrected chi connectivity index (χ3v) is 5.19. The molecule has 0 radical (unpaired) electrons. The number of aryl methyl sites for hydroxylation is 1. The van der Waals surface area contributed by atoms with E-state index >= 15 is 0 Å². The second kappa shape index (κ2) is 13.4. The molecule has 37 heavy (non-hydrogen) atoms. The molecule has 1 aromatic rings. The minimum Gasteiger partial charge on any atom is -0.477 e. The molecule has 1 amide bonds. The Labute approximate surface area is 213 Å². The van der Waals surface area contributed by atoms with E-state index in [4.69, 9.17) is 23.7 Å². The van der Waals surface area contributed by atoms with Gasteiger partial charge in [0, 0.05) is 33.9 Å². The van der Waals surface area contributed by atoms with Crippen LogP contribution in [-0.2, 0) is 54.1 Å². The first-order valence-corrected chi connectivity index (χ1v) is 11.6. The van der Waals surface area contributed by atoms with Crippen molar-refractivity contribution in [3.63, 3.8) is 0 Å². The van der Waals surface area contributed by atoms with Gasteiger partial charge in [-0.1, -0.05) is 18.6 Å². The fourth-order valence-corrected chi connectivity index (χ4v) is 3.83. The van der Waals surface area contributed by atoms with E-state index in [9.17, 15) is 24.0 Å². The normalized spacial score (nSPS) is 20.4. The zero-order valence-electron chi connectivity index (χ0n) is 21.6. The van der Waals surface area contributed by atoms with Crippen molar-refractivity contribution in [2.45, 2.75) is 77.9 Å². The number of nitrogens with zero attached hydrogens (tertiary/aromatic N) is 3. The number of nitrogens with one attached hydrogen (secondary N) is 1. The Morgan fingerprint density at radius 3 is 2.30 bits per heavy atom. The highest BCUT2D eigenvalue weighted by Crippen LogP contribution is 2.32. The van der Waals surface area contributed by atoms with Crippen LogP contribution in [0.3, 0.4) is 0 Å². The minimum absolute atomic E-state index is 0.266. The molecule has 1 aliphatic rings. The molecule has 1 aliphatic heterocycles. The van der Waals surface area contributed by atoms with Crippen molar-refractivity contribution in [3.8, 4) is 0 Å². The number of hydrogen-bond donors (Lipinski definition) is 1. The molecule has 14 heteroatoms. The lowest BCUT2D eigenvalue weighted by Gasteiger charge is -2.41. The highest BCUT2D eigenvalue weighted by atomic mass is 16.6. The number of amides is 1. The first-order chi connectivity index (χ1) is 17.5. The van der Waals surface area contributed by atoms with Gasteiger partial charge in [0.15, 0.2) is 18.3 Å². The lowest BCUT2D eigenvalue weighted by molar-refractivity contribution is -0.188. The van der Waals surface area contributed by atoms with E-state index < -0.39 is 66.8 Å². The smallest absolute Gasteiger partial charge is 0.373 e. The first-order valence-electron chi connectivity index (χ1n) is 11.6. The summed E-state index contributed by atoms with van der Waals surface area (Å²) >= 11 is 0. The molecule has 0 unspecified atom stereocenters. The van der Waals surface area contributed by atoms with Gasteiger partial charge in [-0.05, 0) is 12.5 Å². The summed E-state index contributed by atoms with van der Waals surface area (Å²) in [6, 6.07) is -1.87. The van der Waals surface area contributed by atoms with Crippen LogP contribution in [0.2, 0.25) is 0 Å². The number of carbonyl (C=O) groups excluding carboxylic acids is 5. The minimum atomic E-state index is -1.44. The van der Waals surface area contributed by atoms with Crippen molar-refractivity contribution in [2.75, 3.05) is 13.7 Å². The molecule has 0 aromatic carbocycles. The highest BCUT2D eigenvalue weighted by Gasteiger charge is 2.48. The second-order valence-corrected chi connectivity index (χ2v) is 8.29. The number of rotatable bonds is 11. The zero-order chi connectivity index (χ0) is 27.7. The zero-order valence-corrected chi connectivity index (χ0v) is 21.6. The largest absolute Gasteiger partial charge is 0.477 e. The maximum atomic E-state index is 12.5. The average molecular weight is 525 g/mol. The Morgan fingerprint density at radius 2 is 1.76 bits per heavy atom. The number of ether oxygens (including phenoxy) is 5. The molecule has 0 spiro atoms. The Bertz CT molecular complexity index is 1040.